The van der Waals surface area contributed by atoms with Gasteiger partial charge in [-0.1, -0.05) is 12.8 Å². The molecule has 0 spiro atoms. The predicted molar refractivity (Wildman–Crippen MR) is 105 cm³/mol. The third-order valence-electron chi connectivity index (χ3n) is 5.78. The average molecular weight is 365 g/mol. The molecule has 1 saturated carbocycles. The SMILES string of the molecule is CNc1cc([C@@H]2CCCN(C(=O)C3CCCC3)C2)nc(-c2cccnc2)n1. The first kappa shape index (κ1) is 17.9. The molecule has 2 aromatic rings. The van der Waals surface area contributed by atoms with Crippen molar-refractivity contribution in [1.29, 1.82) is 0 Å². The van der Waals surface area contributed by atoms with Crippen LogP contribution in [0, 0.1) is 5.92 Å². The van der Waals surface area contributed by atoms with Crippen LogP contribution in [0.15, 0.2) is 30.6 Å². The summed E-state index contributed by atoms with van der Waals surface area (Å²) < 4.78 is 0. The molecule has 1 amide bonds. The van der Waals surface area contributed by atoms with Gasteiger partial charge < -0.3 is 10.2 Å². The molecule has 1 saturated heterocycles. The van der Waals surface area contributed by atoms with Crippen LogP contribution in [0.25, 0.3) is 11.4 Å². The Hall–Kier alpha value is -2.50. The molecule has 6 heteroatoms. The number of pyridine rings is 1. The number of hydrogen-bond acceptors (Lipinski definition) is 5. The monoisotopic (exact) mass is 365 g/mol. The van der Waals surface area contributed by atoms with Gasteiger partial charge in [0, 0.05) is 56.0 Å². The molecule has 1 atom stereocenters. The highest BCUT2D eigenvalue weighted by Crippen LogP contribution is 2.32. The number of carbonyl (C=O) groups excluding carboxylic acids is 1. The van der Waals surface area contributed by atoms with Gasteiger partial charge in [0.05, 0.1) is 5.69 Å². The zero-order valence-electron chi connectivity index (χ0n) is 15.9. The maximum absolute atomic E-state index is 12.9. The van der Waals surface area contributed by atoms with Crippen LogP contribution in [0.5, 0.6) is 0 Å². The third kappa shape index (κ3) is 3.94. The second-order valence-electron chi connectivity index (χ2n) is 7.60. The predicted octanol–water partition coefficient (Wildman–Crippen LogP) is 3.48. The molecule has 2 aliphatic rings. The Morgan fingerprint density at radius 1 is 1.19 bits per heavy atom. The largest absolute Gasteiger partial charge is 0.373 e. The summed E-state index contributed by atoms with van der Waals surface area (Å²) in [6.45, 7) is 1.65. The molecule has 27 heavy (non-hydrogen) atoms. The fourth-order valence-electron chi connectivity index (χ4n) is 4.28. The summed E-state index contributed by atoms with van der Waals surface area (Å²) in [4.78, 5) is 28.6. The van der Waals surface area contributed by atoms with Gasteiger partial charge >= 0.3 is 0 Å². The van der Waals surface area contributed by atoms with Crippen molar-refractivity contribution in [2.75, 3.05) is 25.5 Å². The molecule has 6 nitrogen and oxygen atoms in total. The standard InChI is InChI=1S/C21H27N5O/c1-22-19-12-18(24-20(25-19)16-8-4-10-23-13-16)17-9-5-11-26(14-17)21(27)15-6-2-3-7-15/h4,8,10,12-13,15,17H,2-3,5-7,9,11,14H2,1H3,(H,22,24,25)/t17-/m1/s1. The quantitative estimate of drug-likeness (QED) is 0.898. The molecule has 0 bridgehead atoms. The maximum atomic E-state index is 12.9. The molecule has 0 radical (unpaired) electrons. The summed E-state index contributed by atoms with van der Waals surface area (Å²) >= 11 is 0. The Labute approximate surface area is 160 Å². The number of aromatic nitrogens is 3. The van der Waals surface area contributed by atoms with Crippen LogP contribution in [0.3, 0.4) is 0 Å². The molecule has 1 aliphatic carbocycles. The molecule has 1 N–H and O–H groups in total. The van der Waals surface area contributed by atoms with Gasteiger partial charge in [-0.2, -0.15) is 0 Å². The molecule has 0 aromatic carbocycles. The number of nitrogens with zero attached hydrogens (tertiary/aromatic N) is 4. The van der Waals surface area contributed by atoms with E-state index in [9.17, 15) is 4.79 Å². The first-order valence-electron chi connectivity index (χ1n) is 10.0. The zero-order valence-corrected chi connectivity index (χ0v) is 15.9. The number of nitrogens with one attached hydrogen (secondary N) is 1. The number of amides is 1. The average Bonchev–Trinajstić information content (AvgIpc) is 3.28. The Morgan fingerprint density at radius 3 is 2.78 bits per heavy atom. The summed E-state index contributed by atoms with van der Waals surface area (Å²) in [5.41, 5.74) is 1.92. The van der Waals surface area contributed by atoms with Crippen molar-refractivity contribution in [3.63, 3.8) is 0 Å². The van der Waals surface area contributed by atoms with E-state index in [2.05, 4.69) is 20.2 Å². The van der Waals surface area contributed by atoms with Crippen molar-refractivity contribution in [2.45, 2.75) is 44.4 Å². The van der Waals surface area contributed by atoms with Crippen LogP contribution in [-0.2, 0) is 4.79 Å². The molecule has 2 aromatic heterocycles. The number of rotatable bonds is 4. The van der Waals surface area contributed by atoms with E-state index >= 15 is 0 Å². The lowest BCUT2D eigenvalue weighted by molar-refractivity contribution is -0.136. The fraction of sp³-hybridized carbons (Fsp3) is 0.524. The van der Waals surface area contributed by atoms with Gasteiger partial charge in [-0.3, -0.25) is 9.78 Å². The summed E-state index contributed by atoms with van der Waals surface area (Å²) in [7, 11) is 1.87. The van der Waals surface area contributed by atoms with Crippen LogP contribution >= 0.6 is 0 Å². The van der Waals surface area contributed by atoms with Gasteiger partial charge in [-0.05, 0) is 37.8 Å². The minimum absolute atomic E-state index is 0.243. The van der Waals surface area contributed by atoms with Crippen LogP contribution in [0.4, 0.5) is 5.82 Å². The first-order chi connectivity index (χ1) is 13.2. The van der Waals surface area contributed by atoms with E-state index in [0.717, 1.165) is 55.8 Å². The molecular formula is C21H27N5O. The Bertz CT molecular complexity index is 788. The van der Waals surface area contributed by atoms with Crippen molar-refractivity contribution >= 4 is 11.7 Å². The minimum atomic E-state index is 0.243. The van der Waals surface area contributed by atoms with Gasteiger partial charge in [-0.15, -0.1) is 0 Å². The van der Waals surface area contributed by atoms with Gasteiger partial charge in [0.25, 0.3) is 0 Å². The molecule has 0 unspecified atom stereocenters. The van der Waals surface area contributed by atoms with Crippen molar-refractivity contribution in [2.24, 2.45) is 5.92 Å². The van der Waals surface area contributed by atoms with Crippen molar-refractivity contribution < 1.29 is 4.79 Å². The second-order valence-corrected chi connectivity index (χ2v) is 7.60. The number of piperidine rings is 1. The Balaban J connectivity index is 1.57. The van der Waals surface area contributed by atoms with E-state index in [0.29, 0.717) is 11.7 Å². The van der Waals surface area contributed by atoms with Gasteiger partial charge in [0.2, 0.25) is 5.91 Å². The van der Waals surface area contributed by atoms with Gasteiger partial charge in [-0.25, -0.2) is 9.97 Å². The molecule has 142 valence electrons. The van der Waals surface area contributed by atoms with Crippen molar-refractivity contribution in [3.8, 4) is 11.4 Å². The number of carbonyl (C=O) groups is 1. The number of hydrogen-bond donors (Lipinski definition) is 1. The lowest BCUT2D eigenvalue weighted by Crippen LogP contribution is -2.42. The van der Waals surface area contributed by atoms with Gasteiger partial charge in [0.15, 0.2) is 5.82 Å². The zero-order chi connectivity index (χ0) is 18.6. The topological polar surface area (TPSA) is 71.0 Å². The molecule has 1 aliphatic heterocycles. The minimum Gasteiger partial charge on any atom is -0.373 e. The molecule has 3 heterocycles. The van der Waals surface area contributed by atoms with Gasteiger partial charge in [0.1, 0.15) is 5.82 Å². The highest BCUT2D eigenvalue weighted by molar-refractivity contribution is 5.79. The highest BCUT2D eigenvalue weighted by atomic mass is 16.2. The van der Waals surface area contributed by atoms with Crippen molar-refractivity contribution in [3.05, 3.63) is 36.3 Å². The summed E-state index contributed by atoms with van der Waals surface area (Å²) in [6, 6.07) is 5.89. The highest BCUT2D eigenvalue weighted by Gasteiger charge is 2.31. The molecular weight excluding hydrogens is 338 g/mol. The maximum Gasteiger partial charge on any atom is 0.225 e. The van der Waals surface area contributed by atoms with E-state index in [1.165, 1.54) is 12.8 Å². The van der Waals surface area contributed by atoms with Crippen molar-refractivity contribution in [1.82, 2.24) is 19.9 Å². The smallest absolute Gasteiger partial charge is 0.225 e. The lowest BCUT2D eigenvalue weighted by Gasteiger charge is -2.34. The van der Waals surface area contributed by atoms with E-state index in [1.54, 1.807) is 12.4 Å². The lowest BCUT2D eigenvalue weighted by atomic mass is 9.93. The summed E-state index contributed by atoms with van der Waals surface area (Å²) in [6.07, 6.45) is 10.1. The Morgan fingerprint density at radius 2 is 2.04 bits per heavy atom. The fourth-order valence-corrected chi connectivity index (χ4v) is 4.28. The van der Waals surface area contributed by atoms with E-state index in [-0.39, 0.29) is 11.8 Å². The second kappa shape index (κ2) is 8.03. The number of likely N-dealkylation sites (tertiary alicyclic amines) is 1. The first-order valence-corrected chi connectivity index (χ1v) is 10.0. The van der Waals surface area contributed by atoms with E-state index in [4.69, 9.17) is 4.98 Å². The summed E-state index contributed by atoms with van der Waals surface area (Å²) in [5, 5.41) is 3.14. The van der Waals surface area contributed by atoms with Crippen LogP contribution in [0.1, 0.15) is 50.1 Å². The molecule has 2 fully saturated rings. The Kier molecular flexibility index (Phi) is 5.32. The van der Waals surface area contributed by atoms with E-state index < -0.39 is 0 Å². The third-order valence-corrected chi connectivity index (χ3v) is 5.78. The van der Waals surface area contributed by atoms with Crippen LogP contribution < -0.4 is 5.32 Å². The van der Waals surface area contributed by atoms with Crippen LogP contribution in [0.2, 0.25) is 0 Å². The number of anilines is 1. The summed E-state index contributed by atoms with van der Waals surface area (Å²) in [5.74, 6) is 2.34. The molecule has 4 rings (SSSR count). The van der Waals surface area contributed by atoms with E-state index in [1.807, 2.05) is 25.2 Å². The normalized spacial score (nSPS) is 20.6. The van der Waals surface area contributed by atoms with Crippen LogP contribution in [-0.4, -0.2) is 45.9 Å².